The van der Waals surface area contributed by atoms with Gasteiger partial charge in [-0.15, -0.1) is 6.58 Å². The van der Waals surface area contributed by atoms with E-state index in [1.807, 2.05) is 60.7 Å². The molecule has 0 spiro atoms. The summed E-state index contributed by atoms with van der Waals surface area (Å²) in [5.41, 5.74) is 4.06. The zero-order valence-electron chi connectivity index (χ0n) is 46.7. The summed E-state index contributed by atoms with van der Waals surface area (Å²) in [4.78, 5) is 36.8. The molecule has 3 heterocycles. The van der Waals surface area contributed by atoms with Gasteiger partial charge in [-0.05, 0) is 104 Å². The van der Waals surface area contributed by atoms with Crippen LogP contribution in [0.15, 0.2) is 96.2 Å². The molecule has 8 rings (SSSR count). The number of benzene rings is 3. The van der Waals surface area contributed by atoms with Crippen LogP contribution in [0.5, 0.6) is 23.0 Å². The SMILES string of the molecule is C=CCO[C@@]12Oc3ccc(OC(=O)NCCCCCCCCCCCC)cc3[C@H]3[C@H](CCCCO)[C@@H](CCCCO)C=C(C(=NOC4CCCCO4)C[C@@H]1N(Cc1ccc4c(c1)OCO4)C(=O)OCCOCc1ccccc1)[C@H]32. The first kappa shape index (κ1) is 59.5. The summed E-state index contributed by atoms with van der Waals surface area (Å²) in [6, 6.07) is 20.1. The van der Waals surface area contributed by atoms with E-state index in [-0.39, 0.29) is 70.5 Å². The predicted molar refractivity (Wildman–Crippen MR) is 301 cm³/mol. The number of nitrogens with zero attached hydrogens (tertiary/aromatic N) is 2. The first-order chi connectivity index (χ1) is 38.8. The molecule has 2 amide bonds. The molecule has 3 aromatic rings. The molecule has 0 bridgehead atoms. The van der Waals surface area contributed by atoms with Crippen LogP contribution in [0.25, 0.3) is 0 Å². The van der Waals surface area contributed by atoms with E-state index in [0.717, 1.165) is 80.1 Å². The van der Waals surface area contributed by atoms with Crippen LogP contribution in [-0.4, -0.2) is 104 Å². The fraction of sp³-hybridized carbons (Fsp3) is 0.603. The van der Waals surface area contributed by atoms with Crippen molar-refractivity contribution >= 4 is 17.9 Å². The Labute approximate surface area is 468 Å². The van der Waals surface area contributed by atoms with Gasteiger partial charge in [0.05, 0.1) is 38.1 Å². The second-order valence-electron chi connectivity index (χ2n) is 21.6. The van der Waals surface area contributed by atoms with Gasteiger partial charge in [0, 0.05) is 50.6 Å². The maximum Gasteiger partial charge on any atom is 0.412 e. The van der Waals surface area contributed by atoms with Crippen molar-refractivity contribution in [2.24, 2.45) is 22.9 Å². The maximum atomic E-state index is 15.2. The van der Waals surface area contributed by atoms with Crippen molar-refractivity contribution in [3.63, 3.8) is 0 Å². The fourth-order valence-corrected chi connectivity index (χ4v) is 12.1. The van der Waals surface area contributed by atoms with Crippen LogP contribution in [0.4, 0.5) is 9.59 Å². The number of hydrogen-bond donors (Lipinski definition) is 3. The molecule has 16 nitrogen and oxygen atoms in total. The fourth-order valence-electron chi connectivity index (χ4n) is 12.1. The molecule has 5 aliphatic rings. The Balaban J connectivity index is 1.17. The van der Waals surface area contributed by atoms with Crippen LogP contribution in [-0.2, 0) is 36.9 Å². The van der Waals surface area contributed by atoms with E-state index in [1.165, 1.54) is 44.9 Å². The van der Waals surface area contributed by atoms with Crippen molar-refractivity contribution in [3.8, 4) is 23.0 Å². The van der Waals surface area contributed by atoms with Gasteiger partial charge in [0.1, 0.15) is 24.1 Å². The minimum atomic E-state index is -1.59. The highest BCUT2D eigenvalue weighted by Gasteiger charge is 2.66. The van der Waals surface area contributed by atoms with Crippen molar-refractivity contribution in [1.29, 1.82) is 0 Å². The Morgan fingerprint density at radius 2 is 1.59 bits per heavy atom. The van der Waals surface area contributed by atoms with Crippen molar-refractivity contribution in [3.05, 3.63) is 108 Å². The van der Waals surface area contributed by atoms with Gasteiger partial charge in [0.15, 0.2) is 11.5 Å². The predicted octanol–water partition coefficient (Wildman–Crippen LogP) is 12.4. The number of rotatable bonds is 33. The van der Waals surface area contributed by atoms with Gasteiger partial charge in [-0.1, -0.05) is 131 Å². The van der Waals surface area contributed by atoms with Crippen LogP contribution in [0.1, 0.15) is 158 Å². The highest BCUT2D eigenvalue weighted by molar-refractivity contribution is 6.03. The molecule has 7 atom stereocenters. The van der Waals surface area contributed by atoms with E-state index in [9.17, 15) is 15.0 Å². The third-order valence-electron chi connectivity index (χ3n) is 16.0. The average Bonchev–Trinajstić information content (AvgIpc) is 3.63. The topological polar surface area (TPSA) is 185 Å². The average molecular weight is 1090 g/mol. The zero-order chi connectivity index (χ0) is 55.1. The maximum absolute atomic E-state index is 15.2. The minimum Gasteiger partial charge on any atom is -0.459 e. The van der Waals surface area contributed by atoms with Crippen molar-refractivity contribution in [2.45, 2.75) is 173 Å². The molecule has 0 radical (unpaired) electrons. The van der Waals surface area contributed by atoms with Crippen molar-refractivity contribution in [2.75, 3.05) is 53.0 Å². The molecular formula is C63H87N3O13. The van der Waals surface area contributed by atoms with E-state index in [1.54, 1.807) is 17.0 Å². The van der Waals surface area contributed by atoms with Gasteiger partial charge >= 0.3 is 12.2 Å². The zero-order valence-corrected chi connectivity index (χ0v) is 46.7. The number of unbranched alkanes of at least 4 members (excludes halogenated alkanes) is 11. The van der Waals surface area contributed by atoms with Crippen molar-refractivity contribution < 1.29 is 62.5 Å². The molecule has 3 aromatic carbocycles. The summed E-state index contributed by atoms with van der Waals surface area (Å²) in [6.07, 6.45) is 21.2. The number of carbonyl (C=O) groups excluding carboxylic acids is 2. The molecule has 3 N–H and O–H groups in total. The standard InChI is InChI=1S/C63H87N3O13/c1-3-5-6-7-8-9-10-11-12-19-32-64-61(69)77-49-29-31-54-52(41-49)59-50(26-17-21-34-68)48(25-16-20-33-67)40-51-53(65-79-58-27-18-22-36-72-58)42-57(63(78-54,60(51)59)76-35-4-2)66(43-47-28-30-55-56(39-47)75-45-74-55)62(70)73-38-37-71-44-46-23-14-13-15-24-46/h4,13-15,23-24,28-31,39-41,48,50,57-60,67-68H,2-3,5-12,16-22,25-27,32-38,42-45H2,1H3,(H,64,69)/t48-,50+,57-,58?,59+,60+,63+/m0/s1. The molecule has 1 saturated heterocycles. The van der Waals surface area contributed by atoms with E-state index in [4.69, 9.17) is 47.9 Å². The highest BCUT2D eigenvalue weighted by Crippen LogP contribution is 2.62. The second-order valence-corrected chi connectivity index (χ2v) is 21.6. The Hall–Kier alpha value is -5.65. The van der Waals surface area contributed by atoms with Crippen molar-refractivity contribution in [1.82, 2.24) is 10.2 Å². The second kappa shape index (κ2) is 31.4. The summed E-state index contributed by atoms with van der Waals surface area (Å²) in [6.45, 7) is 8.21. The molecule has 0 aromatic heterocycles. The van der Waals surface area contributed by atoms with Gasteiger partial charge in [0.2, 0.25) is 18.9 Å². The van der Waals surface area contributed by atoms with Gasteiger partial charge in [0.25, 0.3) is 0 Å². The Morgan fingerprint density at radius 3 is 2.35 bits per heavy atom. The lowest BCUT2D eigenvalue weighted by Crippen LogP contribution is -2.70. The number of aliphatic hydroxyl groups excluding tert-OH is 2. The summed E-state index contributed by atoms with van der Waals surface area (Å²) < 4.78 is 50.6. The summed E-state index contributed by atoms with van der Waals surface area (Å²) in [5.74, 6) is -0.590. The van der Waals surface area contributed by atoms with E-state index in [0.29, 0.717) is 67.7 Å². The number of oxime groups is 1. The monoisotopic (exact) mass is 1090 g/mol. The summed E-state index contributed by atoms with van der Waals surface area (Å²) >= 11 is 0. The summed E-state index contributed by atoms with van der Waals surface area (Å²) in [5, 5.41) is 28.2. The van der Waals surface area contributed by atoms with Gasteiger partial charge in [-0.25, -0.2) is 9.59 Å². The third-order valence-corrected chi connectivity index (χ3v) is 16.0. The lowest BCUT2D eigenvalue weighted by Gasteiger charge is -2.59. The van der Waals surface area contributed by atoms with Gasteiger partial charge < -0.3 is 58.3 Å². The number of ether oxygens (including phenoxy) is 8. The largest absolute Gasteiger partial charge is 0.459 e. The van der Waals surface area contributed by atoms with Crippen LogP contribution in [0, 0.1) is 17.8 Å². The van der Waals surface area contributed by atoms with Crippen LogP contribution in [0.2, 0.25) is 0 Å². The van der Waals surface area contributed by atoms with Crippen LogP contribution in [0.3, 0.4) is 0 Å². The van der Waals surface area contributed by atoms with E-state index < -0.39 is 36.2 Å². The molecule has 2 fully saturated rings. The van der Waals surface area contributed by atoms with E-state index >= 15 is 4.79 Å². The highest BCUT2D eigenvalue weighted by atomic mass is 16.8. The normalized spacial score (nSPS) is 23.2. The lowest BCUT2D eigenvalue weighted by atomic mass is 9.55. The summed E-state index contributed by atoms with van der Waals surface area (Å²) in [7, 11) is 0. The number of aliphatic hydroxyl groups is 2. The molecule has 3 aliphatic heterocycles. The van der Waals surface area contributed by atoms with Gasteiger partial charge in [-0.2, -0.15) is 0 Å². The quantitative estimate of drug-likeness (QED) is 0.0298. The Morgan fingerprint density at radius 1 is 0.835 bits per heavy atom. The molecule has 79 heavy (non-hydrogen) atoms. The Bertz CT molecular complexity index is 2430. The van der Waals surface area contributed by atoms with Crippen LogP contribution >= 0.6 is 0 Å². The first-order valence-corrected chi connectivity index (χ1v) is 29.6. The number of allylic oxidation sites excluding steroid dienone is 1. The molecular weight excluding hydrogens is 1010 g/mol. The first-order valence-electron chi connectivity index (χ1n) is 29.6. The molecule has 432 valence electrons. The number of carbonyl (C=O) groups is 2. The number of nitrogens with one attached hydrogen (secondary N) is 1. The number of hydrogen-bond acceptors (Lipinski definition) is 14. The van der Waals surface area contributed by atoms with Gasteiger partial charge in [-0.3, -0.25) is 4.90 Å². The minimum absolute atomic E-state index is 0.0169. The number of amides is 2. The number of fused-ring (bicyclic) bond motifs is 3. The van der Waals surface area contributed by atoms with Crippen LogP contribution < -0.4 is 24.3 Å². The third kappa shape index (κ3) is 16.3. The smallest absolute Gasteiger partial charge is 0.412 e. The Kier molecular flexibility index (Phi) is 23.6. The molecule has 16 heteroatoms. The molecule has 1 saturated carbocycles. The molecule has 1 unspecified atom stereocenters. The molecule has 2 aliphatic carbocycles. The lowest BCUT2D eigenvalue weighted by molar-refractivity contribution is -0.256. The van der Waals surface area contributed by atoms with E-state index in [2.05, 4.69) is 24.9 Å².